The smallest absolute Gasteiger partial charge is 0.135 e. The Balaban J connectivity index is 1.87. The normalized spacial score (nSPS) is 12.3. The Morgan fingerprint density at radius 2 is 1.24 bits per heavy atom. The van der Waals surface area contributed by atoms with E-state index in [1.165, 1.54) is 43.4 Å². The standard InChI is InChI=1S/C24H14O/c1-2-5-15(6-3-1)18-13-14-21-24-19(18)12-11-17-10-9-16-7-4-8-20(25-21)22(16)23(17)24/h1-14H. The highest BCUT2D eigenvalue weighted by molar-refractivity contribution is 6.26. The summed E-state index contributed by atoms with van der Waals surface area (Å²) in [6.45, 7) is 0. The molecule has 0 radical (unpaired) electrons. The summed E-state index contributed by atoms with van der Waals surface area (Å²) in [6.07, 6.45) is 0. The van der Waals surface area contributed by atoms with Crippen LogP contribution >= 0.6 is 0 Å². The molecule has 0 unspecified atom stereocenters. The van der Waals surface area contributed by atoms with E-state index < -0.39 is 0 Å². The fraction of sp³-hybridized carbons (Fsp3) is 0. The Hall–Kier alpha value is -3.32. The zero-order valence-corrected chi connectivity index (χ0v) is 13.5. The minimum atomic E-state index is 0.950. The molecule has 0 aliphatic carbocycles. The van der Waals surface area contributed by atoms with Crippen LogP contribution in [-0.2, 0) is 0 Å². The molecule has 5 aromatic rings. The molecule has 0 N–H and O–H groups in total. The van der Waals surface area contributed by atoms with E-state index in [1.54, 1.807) is 0 Å². The van der Waals surface area contributed by atoms with Gasteiger partial charge in [-0.2, -0.15) is 0 Å². The molecule has 1 aliphatic heterocycles. The molecule has 1 heteroatoms. The second-order valence-electron chi connectivity index (χ2n) is 6.59. The summed E-state index contributed by atoms with van der Waals surface area (Å²) < 4.78 is 6.28. The molecule has 6 rings (SSSR count). The van der Waals surface area contributed by atoms with Crippen LogP contribution in [0.3, 0.4) is 0 Å². The molecule has 116 valence electrons. The fourth-order valence-corrected chi connectivity index (χ4v) is 4.13. The average Bonchev–Trinajstić information content (AvgIpc) is 2.68. The molecular weight excluding hydrogens is 304 g/mol. The van der Waals surface area contributed by atoms with Crippen molar-refractivity contribution in [1.82, 2.24) is 0 Å². The largest absolute Gasteiger partial charge is 0.456 e. The topological polar surface area (TPSA) is 9.23 Å². The molecule has 1 heterocycles. The number of rotatable bonds is 1. The van der Waals surface area contributed by atoms with Crippen molar-refractivity contribution in [3.05, 3.63) is 84.9 Å². The summed E-state index contributed by atoms with van der Waals surface area (Å²) >= 11 is 0. The lowest BCUT2D eigenvalue weighted by Crippen LogP contribution is -1.96. The maximum absolute atomic E-state index is 6.28. The van der Waals surface area contributed by atoms with E-state index in [9.17, 15) is 0 Å². The van der Waals surface area contributed by atoms with Gasteiger partial charge in [0.15, 0.2) is 0 Å². The third-order valence-electron chi connectivity index (χ3n) is 5.23. The van der Waals surface area contributed by atoms with Crippen LogP contribution in [0.15, 0.2) is 84.9 Å². The van der Waals surface area contributed by atoms with Gasteiger partial charge in [-0.1, -0.05) is 72.8 Å². The number of hydrogen-bond donors (Lipinski definition) is 0. The van der Waals surface area contributed by atoms with Gasteiger partial charge in [-0.25, -0.2) is 0 Å². The first kappa shape index (κ1) is 13.0. The first-order valence-electron chi connectivity index (χ1n) is 8.54. The molecular formula is C24H14O. The Morgan fingerprint density at radius 1 is 0.480 bits per heavy atom. The van der Waals surface area contributed by atoms with Crippen LogP contribution in [0.2, 0.25) is 0 Å². The van der Waals surface area contributed by atoms with Crippen molar-refractivity contribution in [3.8, 4) is 22.6 Å². The number of ether oxygens (including phenoxy) is 1. The molecule has 0 aromatic heterocycles. The zero-order valence-electron chi connectivity index (χ0n) is 13.5. The Morgan fingerprint density at radius 3 is 2.12 bits per heavy atom. The van der Waals surface area contributed by atoms with Crippen LogP contribution in [0, 0.1) is 0 Å². The van der Waals surface area contributed by atoms with E-state index in [0.717, 1.165) is 11.5 Å². The molecule has 0 saturated heterocycles. The minimum Gasteiger partial charge on any atom is -0.456 e. The van der Waals surface area contributed by atoms with Gasteiger partial charge in [0.1, 0.15) is 11.5 Å². The molecule has 0 saturated carbocycles. The van der Waals surface area contributed by atoms with Gasteiger partial charge < -0.3 is 4.74 Å². The van der Waals surface area contributed by atoms with Gasteiger partial charge in [0.2, 0.25) is 0 Å². The van der Waals surface area contributed by atoms with Gasteiger partial charge in [0, 0.05) is 16.2 Å². The quantitative estimate of drug-likeness (QED) is 0.299. The highest BCUT2D eigenvalue weighted by Gasteiger charge is 2.20. The second-order valence-corrected chi connectivity index (χ2v) is 6.59. The fourth-order valence-electron chi connectivity index (χ4n) is 4.13. The highest BCUT2D eigenvalue weighted by atomic mass is 16.5. The predicted octanol–water partition coefficient (Wildman–Crippen LogP) is 6.92. The summed E-state index contributed by atoms with van der Waals surface area (Å²) in [5.74, 6) is 1.90. The molecule has 1 aliphatic rings. The monoisotopic (exact) mass is 318 g/mol. The molecule has 0 spiro atoms. The molecule has 5 aromatic carbocycles. The van der Waals surface area contributed by atoms with Crippen LogP contribution in [0.25, 0.3) is 43.4 Å². The van der Waals surface area contributed by atoms with Crippen molar-refractivity contribution in [1.29, 1.82) is 0 Å². The molecule has 0 fully saturated rings. The van der Waals surface area contributed by atoms with Crippen molar-refractivity contribution in [2.45, 2.75) is 0 Å². The molecule has 1 nitrogen and oxygen atoms in total. The van der Waals surface area contributed by atoms with Crippen LogP contribution in [0.5, 0.6) is 11.5 Å². The van der Waals surface area contributed by atoms with Crippen molar-refractivity contribution in [2.75, 3.05) is 0 Å². The third-order valence-corrected chi connectivity index (χ3v) is 5.23. The third kappa shape index (κ3) is 1.67. The van der Waals surface area contributed by atoms with E-state index in [4.69, 9.17) is 4.74 Å². The van der Waals surface area contributed by atoms with Crippen LogP contribution in [0.1, 0.15) is 0 Å². The van der Waals surface area contributed by atoms with Crippen molar-refractivity contribution >= 4 is 32.3 Å². The van der Waals surface area contributed by atoms with Crippen molar-refractivity contribution in [2.24, 2.45) is 0 Å². The zero-order chi connectivity index (χ0) is 16.4. The average molecular weight is 318 g/mol. The Kier molecular flexibility index (Phi) is 2.40. The van der Waals surface area contributed by atoms with E-state index >= 15 is 0 Å². The Labute approximate surface area is 145 Å². The number of benzene rings is 5. The van der Waals surface area contributed by atoms with Crippen molar-refractivity contribution in [3.63, 3.8) is 0 Å². The minimum absolute atomic E-state index is 0.950. The number of hydrogen-bond acceptors (Lipinski definition) is 1. The van der Waals surface area contributed by atoms with E-state index in [0.29, 0.717) is 0 Å². The maximum Gasteiger partial charge on any atom is 0.135 e. The van der Waals surface area contributed by atoms with Gasteiger partial charge in [-0.3, -0.25) is 0 Å². The predicted molar refractivity (Wildman–Crippen MR) is 104 cm³/mol. The summed E-state index contributed by atoms with van der Waals surface area (Å²) in [6, 6.07) is 30.0. The lowest BCUT2D eigenvalue weighted by molar-refractivity contribution is 0.493. The highest BCUT2D eigenvalue weighted by Crippen LogP contribution is 2.48. The van der Waals surface area contributed by atoms with Gasteiger partial charge in [-0.15, -0.1) is 0 Å². The molecule has 0 bridgehead atoms. The van der Waals surface area contributed by atoms with Gasteiger partial charge in [0.25, 0.3) is 0 Å². The summed E-state index contributed by atoms with van der Waals surface area (Å²) in [7, 11) is 0. The first-order valence-corrected chi connectivity index (χ1v) is 8.54. The maximum atomic E-state index is 6.28. The van der Waals surface area contributed by atoms with E-state index in [-0.39, 0.29) is 0 Å². The summed E-state index contributed by atoms with van der Waals surface area (Å²) in [4.78, 5) is 0. The van der Waals surface area contributed by atoms with Crippen LogP contribution < -0.4 is 4.74 Å². The van der Waals surface area contributed by atoms with Gasteiger partial charge in [0.05, 0.1) is 0 Å². The summed E-state index contributed by atoms with van der Waals surface area (Å²) in [5.41, 5.74) is 2.49. The van der Waals surface area contributed by atoms with E-state index in [2.05, 4.69) is 84.9 Å². The van der Waals surface area contributed by atoms with Crippen molar-refractivity contribution < 1.29 is 4.74 Å². The van der Waals surface area contributed by atoms with Crippen LogP contribution in [0.4, 0.5) is 0 Å². The van der Waals surface area contributed by atoms with Crippen LogP contribution in [-0.4, -0.2) is 0 Å². The lowest BCUT2D eigenvalue weighted by Gasteiger charge is -2.21. The lowest BCUT2D eigenvalue weighted by atomic mass is 9.90. The van der Waals surface area contributed by atoms with Gasteiger partial charge in [-0.05, 0) is 39.4 Å². The molecule has 0 amide bonds. The molecule has 0 atom stereocenters. The second kappa shape index (κ2) is 4.61. The van der Waals surface area contributed by atoms with Gasteiger partial charge >= 0.3 is 0 Å². The van der Waals surface area contributed by atoms with E-state index in [1.807, 2.05) is 0 Å². The SMILES string of the molecule is c1ccc(-c2ccc3c4c2ccc2ccc5cccc(c5c24)O3)cc1. The first-order chi connectivity index (χ1) is 12.4. The Bertz CT molecular complexity index is 1300. The molecule has 25 heavy (non-hydrogen) atoms. The summed E-state index contributed by atoms with van der Waals surface area (Å²) in [5, 5.41) is 7.50.